The number of allylic oxidation sites excluding steroid dienone is 3. The summed E-state index contributed by atoms with van der Waals surface area (Å²) in [7, 11) is 0. The number of hydrogen-bond acceptors (Lipinski definition) is 5. The van der Waals surface area contributed by atoms with Crippen LogP contribution in [-0.2, 0) is 15.8 Å². The van der Waals surface area contributed by atoms with E-state index in [1.807, 2.05) is 19.2 Å². The highest BCUT2D eigenvalue weighted by atomic mass is 32.2. The van der Waals surface area contributed by atoms with Gasteiger partial charge in [-0.1, -0.05) is 6.07 Å². The van der Waals surface area contributed by atoms with Gasteiger partial charge in [0.2, 0.25) is 0 Å². The molecule has 4 nitrogen and oxygen atoms in total. The third kappa shape index (κ3) is 4.61. The number of hydrogen-bond donors (Lipinski definition) is 2. The Balaban J connectivity index is 1.78. The van der Waals surface area contributed by atoms with Crippen molar-refractivity contribution in [1.82, 2.24) is 5.32 Å². The van der Waals surface area contributed by atoms with Crippen molar-refractivity contribution in [2.24, 2.45) is 0 Å². The van der Waals surface area contributed by atoms with Crippen molar-refractivity contribution in [3.8, 4) is 0 Å². The number of anilines is 1. The maximum absolute atomic E-state index is 13.5. The first-order valence-electron chi connectivity index (χ1n) is 10.5. The lowest BCUT2D eigenvalue weighted by Crippen LogP contribution is -2.35. The van der Waals surface area contributed by atoms with E-state index >= 15 is 0 Å². The molecule has 0 spiro atoms. The van der Waals surface area contributed by atoms with Crippen LogP contribution in [0.15, 0.2) is 57.1 Å². The molecule has 4 rings (SSSR count). The summed E-state index contributed by atoms with van der Waals surface area (Å²) in [5, 5.41) is 5.87. The molecule has 2 aliphatic rings. The number of dihydropyridines is 1. The molecular formula is C24H23F3N2O2S2. The van der Waals surface area contributed by atoms with Crippen molar-refractivity contribution >= 4 is 40.5 Å². The summed E-state index contributed by atoms with van der Waals surface area (Å²) >= 11 is 3.16. The zero-order valence-electron chi connectivity index (χ0n) is 18.4. The molecule has 1 aromatic carbocycles. The molecule has 2 heterocycles. The molecule has 0 fully saturated rings. The first-order valence-corrected chi connectivity index (χ1v) is 12.5. The third-order valence-corrected chi connectivity index (χ3v) is 8.03. The number of carbonyl (C=O) groups is 2. The number of halogens is 3. The van der Waals surface area contributed by atoms with Gasteiger partial charge in [0.05, 0.1) is 9.77 Å². The van der Waals surface area contributed by atoms with E-state index in [1.165, 1.54) is 12.1 Å². The summed E-state index contributed by atoms with van der Waals surface area (Å²) in [5.41, 5.74) is 2.49. The maximum atomic E-state index is 13.5. The fourth-order valence-corrected chi connectivity index (χ4v) is 6.35. The molecule has 1 aliphatic carbocycles. The number of Topliss-reactive ketones (excluding diaryl/α,β-unsaturated/α-hetero) is 1. The molecule has 1 aromatic heterocycles. The SMILES string of the molecule is CSc1sc(C)cc1[C@H]1C(C(=O)Nc2cccc(C(F)(F)F)c2)=C(C)NC2=C1C(=O)CCC2. The third-order valence-electron chi connectivity index (χ3n) is 5.81. The van der Waals surface area contributed by atoms with Crippen LogP contribution in [0.2, 0.25) is 0 Å². The van der Waals surface area contributed by atoms with Crippen molar-refractivity contribution in [2.45, 2.75) is 49.4 Å². The average molecular weight is 493 g/mol. The first-order chi connectivity index (χ1) is 15.6. The molecule has 33 heavy (non-hydrogen) atoms. The average Bonchev–Trinajstić information content (AvgIpc) is 3.13. The molecule has 1 atom stereocenters. The molecule has 1 aliphatic heterocycles. The fourth-order valence-electron chi connectivity index (χ4n) is 4.44. The van der Waals surface area contributed by atoms with E-state index in [2.05, 4.69) is 10.6 Å². The minimum absolute atomic E-state index is 0.00141. The van der Waals surface area contributed by atoms with Gasteiger partial charge in [0.1, 0.15) is 0 Å². The van der Waals surface area contributed by atoms with E-state index in [0.717, 1.165) is 45.3 Å². The van der Waals surface area contributed by atoms with Crippen LogP contribution in [0.5, 0.6) is 0 Å². The van der Waals surface area contributed by atoms with Crippen molar-refractivity contribution in [2.75, 3.05) is 11.6 Å². The number of alkyl halides is 3. The van der Waals surface area contributed by atoms with Crippen LogP contribution < -0.4 is 10.6 Å². The molecule has 1 amide bonds. The van der Waals surface area contributed by atoms with E-state index in [4.69, 9.17) is 0 Å². The summed E-state index contributed by atoms with van der Waals surface area (Å²) in [6.07, 6.45) is -0.687. The van der Waals surface area contributed by atoms with Gasteiger partial charge in [0.25, 0.3) is 5.91 Å². The van der Waals surface area contributed by atoms with Crippen LogP contribution in [0.4, 0.5) is 18.9 Å². The van der Waals surface area contributed by atoms with Crippen LogP contribution in [-0.4, -0.2) is 17.9 Å². The van der Waals surface area contributed by atoms with Crippen LogP contribution in [0.25, 0.3) is 0 Å². The number of thioether (sulfide) groups is 1. The second kappa shape index (κ2) is 9.02. The number of rotatable bonds is 4. The zero-order chi connectivity index (χ0) is 23.9. The Bertz CT molecular complexity index is 1190. The normalized spacial score (nSPS) is 18.8. The number of ketones is 1. The number of thiophene rings is 1. The molecule has 2 aromatic rings. The number of benzene rings is 1. The highest BCUT2D eigenvalue weighted by Crippen LogP contribution is 2.47. The molecule has 174 valence electrons. The van der Waals surface area contributed by atoms with E-state index in [9.17, 15) is 22.8 Å². The predicted octanol–water partition coefficient (Wildman–Crippen LogP) is 6.40. The Labute approximate surface area is 198 Å². The minimum Gasteiger partial charge on any atom is -0.362 e. The Kier molecular flexibility index (Phi) is 6.46. The van der Waals surface area contributed by atoms with Crippen LogP contribution in [0, 0.1) is 6.92 Å². The highest BCUT2D eigenvalue weighted by molar-refractivity contribution is 8.00. The van der Waals surface area contributed by atoms with Gasteiger partial charge in [-0.25, -0.2) is 0 Å². The van der Waals surface area contributed by atoms with Crippen molar-refractivity contribution in [3.05, 3.63) is 68.9 Å². The van der Waals surface area contributed by atoms with Gasteiger partial charge in [-0.3, -0.25) is 9.59 Å². The standard InChI is InChI=1S/C24H23F3N2O2S2/c1-12-10-16(23(32-3)33-12)20-19(13(2)28-17-8-5-9-18(30)21(17)20)22(31)29-15-7-4-6-14(11-15)24(25,26)27/h4,6-7,10-11,20,28H,5,8-9H2,1-3H3,(H,29,31)/t20-/m0/s1. The molecule has 0 saturated heterocycles. The van der Waals surface area contributed by atoms with Crippen LogP contribution in [0.3, 0.4) is 0 Å². The number of amides is 1. The lowest BCUT2D eigenvalue weighted by Gasteiger charge is -2.34. The molecule has 2 N–H and O–H groups in total. The largest absolute Gasteiger partial charge is 0.416 e. The lowest BCUT2D eigenvalue weighted by molar-refractivity contribution is -0.137. The van der Waals surface area contributed by atoms with Gasteiger partial charge in [-0.15, -0.1) is 23.1 Å². The zero-order valence-corrected chi connectivity index (χ0v) is 20.0. The van der Waals surface area contributed by atoms with Gasteiger partial charge < -0.3 is 10.6 Å². The number of aryl methyl sites for hydroxylation is 1. The van der Waals surface area contributed by atoms with E-state index in [-0.39, 0.29) is 11.5 Å². The van der Waals surface area contributed by atoms with E-state index in [0.29, 0.717) is 23.3 Å². The molecule has 9 heteroatoms. The smallest absolute Gasteiger partial charge is 0.362 e. The Morgan fingerprint density at radius 1 is 1.21 bits per heavy atom. The summed E-state index contributed by atoms with van der Waals surface area (Å²) in [6, 6.07) is 6.56. The fraction of sp³-hybridized carbons (Fsp3) is 0.333. The van der Waals surface area contributed by atoms with Gasteiger partial charge in [-0.2, -0.15) is 13.2 Å². The number of carbonyl (C=O) groups excluding carboxylic acids is 2. The second-order valence-corrected chi connectivity index (χ2v) is 10.4. The Morgan fingerprint density at radius 2 is 1.97 bits per heavy atom. The van der Waals surface area contributed by atoms with Crippen molar-refractivity contribution in [1.29, 1.82) is 0 Å². The lowest BCUT2D eigenvalue weighted by atomic mass is 9.75. The monoisotopic (exact) mass is 492 g/mol. The Morgan fingerprint density at radius 3 is 2.67 bits per heavy atom. The maximum Gasteiger partial charge on any atom is 0.416 e. The van der Waals surface area contributed by atoms with Gasteiger partial charge in [-0.05, 0) is 62.8 Å². The summed E-state index contributed by atoms with van der Waals surface area (Å²) in [5.74, 6) is -1.08. The highest BCUT2D eigenvalue weighted by Gasteiger charge is 2.40. The summed E-state index contributed by atoms with van der Waals surface area (Å²) in [4.78, 5) is 27.6. The summed E-state index contributed by atoms with van der Waals surface area (Å²) < 4.78 is 40.4. The summed E-state index contributed by atoms with van der Waals surface area (Å²) in [6.45, 7) is 3.75. The van der Waals surface area contributed by atoms with E-state index in [1.54, 1.807) is 30.0 Å². The first kappa shape index (κ1) is 23.6. The second-order valence-electron chi connectivity index (χ2n) is 8.10. The molecule has 0 saturated carbocycles. The topological polar surface area (TPSA) is 58.2 Å². The molecule has 0 bridgehead atoms. The predicted molar refractivity (Wildman–Crippen MR) is 125 cm³/mol. The molecule has 0 radical (unpaired) electrons. The number of nitrogens with one attached hydrogen (secondary N) is 2. The van der Waals surface area contributed by atoms with Crippen LogP contribution in [0.1, 0.15) is 48.1 Å². The van der Waals surface area contributed by atoms with Crippen LogP contribution >= 0.6 is 23.1 Å². The molecule has 0 unspecified atom stereocenters. The quantitative estimate of drug-likeness (QED) is 0.485. The molecular weight excluding hydrogens is 469 g/mol. The van der Waals surface area contributed by atoms with Gasteiger partial charge >= 0.3 is 6.18 Å². The van der Waals surface area contributed by atoms with Crippen molar-refractivity contribution < 1.29 is 22.8 Å². The Hall–Kier alpha value is -2.52. The van der Waals surface area contributed by atoms with E-state index < -0.39 is 23.6 Å². The van der Waals surface area contributed by atoms with Gasteiger partial charge in [0.15, 0.2) is 5.78 Å². The van der Waals surface area contributed by atoms with Crippen molar-refractivity contribution in [3.63, 3.8) is 0 Å². The minimum atomic E-state index is -4.51. The van der Waals surface area contributed by atoms with Gasteiger partial charge in [0, 0.05) is 45.4 Å².